The maximum absolute atomic E-state index is 12.2. The third-order valence-corrected chi connectivity index (χ3v) is 1.92. The first kappa shape index (κ1) is 20.3. The van der Waals surface area contributed by atoms with Crippen LogP contribution in [0.5, 0.6) is 0 Å². The van der Waals surface area contributed by atoms with E-state index in [1.165, 1.54) is 26.1 Å². The molecule has 0 saturated heterocycles. The Morgan fingerprint density at radius 2 is 1.50 bits per heavy atom. The minimum absolute atomic E-state index is 0.0511. The van der Waals surface area contributed by atoms with Crippen molar-refractivity contribution in [2.75, 3.05) is 13.1 Å². The summed E-state index contributed by atoms with van der Waals surface area (Å²) in [4.78, 5) is 23.1. The van der Waals surface area contributed by atoms with Crippen molar-refractivity contribution in [3.8, 4) is 0 Å². The summed E-state index contributed by atoms with van der Waals surface area (Å²) in [6.07, 6.45) is -12.5. The number of alkyl halides is 6. The van der Waals surface area contributed by atoms with E-state index in [1.54, 1.807) is 0 Å². The predicted molar refractivity (Wildman–Crippen MR) is 63.1 cm³/mol. The van der Waals surface area contributed by atoms with E-state index >= 15 is 0 Å². The van der Waals surface area contributed by atoms with Crippen molar-refractivity contribution in [2.24, 2.45) is 0 Å². The lowest BCUT2D eigenvalue weighted by Gasteiger charge is -2.26. The Labute approximate surface area is 122 Å². The molecular formula is C11H16F6N2O3. The van der Waals surface area contributed by atoms with Crippen LogP contribution in [0.25, 0.3) is 0 Å². The number of urea groups is 1. The number of hydrogen-bond acceptors (Lipinski definition) is 3. The highest BCUT2D eigenvalue weighted by atomic mass is 19.4. The van der Waals surface area contributed by atoms with Gasteiger partial charge >= 0.3 is 24.5 Å². The molecule has 0 unspecified atom stereocenters. The molecule has 0 aromatic carbocycles. The molecule has 0 saturated carbocycles. The highest BCUT2D eigenvalue weighted by molar-refractivity contribution is 5.91. The molecule has 0 aromatic heterocycles. The molecule has 0 spiro atoms. The van der Waals surface area contributed by atoms with Gasteiger partial charge < -0.3 is 10.1 Å². The predicted octanol–water partition coefficient (Wildman–Crippen LogP) is 3.45. The SMILES string of the molecule is CC(C)(C)OC(=O)N(CCC(F)(F)F)C(=O)NCC(F)(F)F. The second-order valence-electron chi connectivity index (χ2n) is 5.27. The number of amides is 3. The van der Waals surface area contributed by atoms with Crippen LogP contribution in [0.15, 0.2) is 0 Å². The molecule has 0 aromatic rings. The van der Waals surface area contributed by atoms with Gasteiger partial charge in [-0.15, -0.1) is 0 Å². The Balaban J connectivity index is 4.92. The molecule has 130 valence electrons. The van der Waals surface area contributed by atoms with Gasteiger partial charge in [0.2, 0.25) is 0 Å². The Hall–Kier alpha value is -1.68. The van der Waals surface area contributed by atoms with Gasteiger partial charge in [0, 0.05) is 6.54 Å². The Morgan fingerprint density at radius 1 is 1.00 bits per heavy atom. The van der Waals surface area contributed by atoms with Crippen LogP contribution in [0.3, 0.4) is 0 Å². The van der Waals surface area contributed by atoms with E-state index in [-0.39, 0.29) is 4.90 Å². The van der Waals surface area contributed by atoms with E-state index < -0.39 is 49.6 Å². The summed E-state index contributed by atoms with van der Waals surface area (Å²) in [6, 6.07) is -1.61. The van der Waals surface area contributed by atoms with Crippen molar-refractivity contribution in [1.29, 1.82) is 0 Å². The zero-order chi connectivity index (χ0) is 17.8. The fraction of sp³-hybridized carbons (Fsp3) is 0.818. The van der Waals surface area contributed by atoms with Crippen LogP contribution in [0.1, 0.15) is 27.2 Å². The minimum Gasteiger partial charge on any atom is -0.443 e. The van der Waals surface area contributed by atoms with Gasteiger partial charge in [-0.05, 0) is 20.8 Å². The smallest absolute Gasteiger partial charge is 0.418 e. The highest BCUT2D eigenvalue weighted by Gasteiger charge is 2.35. The number of rotatable bonds is 3. The van der Waals surface area contributed by atoms with Crippen LogP contribution < -0.4 is 5.32 Å². The summed E-state index contributed by atoms with van der Waals surface area (Å²) in [5.74, 6) is 0. The molecule has 0 heterocycles. The van der Waals surface area contributed by atoms with E-state index in [4.69, 9.17) is 4.74 Å². The molecule has 0 radical (unpaired) electrons. The Bertz CT molecular complexity index is 400. The monoisotopic (exact) mass is 338 g/mol. The van der Waals surface area contributed by atoms with Crippen LogP contribution in [0, 0.1) is 0 Å². The van der Waals surface area contributed by atoms with Crippen molar-refractivity contribution in [2.45, 2.75) is 45.1 Å². The number of imide groups is 1. The first-order chi connectivity index (χ1) is 9.61. The van der Waals surface area contributed by atoms with Gasteiger partial charge in [-0.25, -0.2) is 14.5 Å². The molecule has 0 aliphatic carbocycles. The zero-order valence-corrected chi connectivity index (χ0v) is 12.1. The molecule has 0 fully saturated rings. The molecule has 0 bridgehead atoms. The van der Waals surface area contributed by atoms with Crippen LogP contribution in [0.2, 0.25) is 0 Å². The Kier molecular flexibility index (Phi) is 6.51. The topological polar surface area (TPSA) is 58.6 Å². The van der Waals surface area contributed by atoms with Gasteiger partial charge in [0.25, 0.3) is 0 Å². The first-order valence-electron chi connectivity index (χ1n) is 6.02. The molecule has 0 aliphatic rings. The first-order valence-corrected chi connectivity index (χ1v) is 6.02. The molecule has 22 heavy (non-hydrogen) atoms. The van der Waals surface area contributed by atoms with E-state index in [0.29, 0.717) is 0 Å². The van der Waals surface area contributed by atoms with E-state index in [1.807, 2.05) is 0 Å². The van der Waals surface area contributed by atoms with Crippen LogP contribution in [0.4, 0.5) is 35.9 Å². The lowest BCUT2D eigenvalue weighted by Crippen LogP contribution is -2.49. The lowest BCUT2D eigenvalue weighted by atomic mass is 10.2. The quantitative estimate of drug-likeness (QED) is 0.802. The van der Waals surface area contributed by atoms with Gasteiger partial charge in [-0.1, -0.05) is 0 Å². The Morgan fingerprint density at radius 3 is 1.86 bits per heavy atom. The fourth-order valence-electron chi connectivity index (χ4n) is 1.10. The second-order valence-corrected chi connectivity index (χ2v) is 5.27. The third-order valence-electron chi connectivity index (χ3n) is 1.92. The molecule has 5 nitrogen and oxygen atoms in total. The van der Waals surface area contributed by atoms with Crippen molar-refractivity contribution < 1.29 is 40.7 Å². The number of halogens is 6. The number of ether oxygens (including phenoxy) is 1. The van der Waals surface area contributed by atoms with E-state index in [9.17, 15) is 35.9 Å². The maximum Gasteiger partial charge on any atom is 0.418 e. The van der Waals surface area contributed by atoms with Crippen molar-refractivity contribution in [1.82, 2.24) is 10.2 Å². The number of carbonyl (C=O) groups excluding carboxylic acids is 2. The second kappa shape index (κ2) is 7.05. The number of carbonyl (C=O) groups is 2. The summed E-state index contributed by atoms with van der Waals surface area (Å²) in [5.41, 5.74) is -1.13. The summed E-state index contributed by atoms with van der Waals surface area (Å²) in [5, 5.41) is 1.32. The van der Waals surface area contributed by atoms with Gasteiger partial charge in [0.15, 0.2) is 0 Å². The van der Waals surface area contributed by atoms with Crippen LogP contribution in [-0.4, -0.2) is 48.1 Å². The normalized spacial score (nSPS) is 12.8. The third kappa shape index (κ3) is 10.1. The van der Waals surface area contributed by atoms with Gasteiger partial charge in [0.05, 0.1) is 6.42 Å². The van der Waals surface area contributed by atoms with Crippen molar-refractivity contribution >= 4 is 12.1 Å². The molecule has 1 N–H and O–H groups in total. The molecule has 3 amide bonds. The molecule has 11 heteroatoms. The summed E-state index contributed by atoms with van der Waals surface area (Å²) < 4.78 is 77.2. The number of nitrogens with zero attached hydrogens (tertiary/aromatic N) is 1. The van der Waals surface area contributed by atoms with Crippen LogP contribution >= 0.6 is 0 Å². The summed E-state index contributed by atoms with van der Waals surface area (Å²) >= 11 is 0. The average Bonchev–Trinajstić information content (AvgIpc) is 2.21. The van der Waals surface area contributed by atoms with Crippen LogP contribution in [-0.2, 0) is 4.74 Å². The van der Waals surface area contributed by atoms with Gasteiger partial charge in [-0.3, -0.25) is 0 Å². The number of nitrogens with one attached hydrogen (secondary N) is 1. The standard InChI is InChI=1S/C11H16F6N2O3/c1-9(2,3)22-8(21)19(5-4-10(12,13)14)7(20)18-6-11(15,16)17/h4-6H2,1-3H3,(H,18,20). The molecule has 0 aliphatic heterocycles. The minimum atomic E-state index is -4.76. The average molecular weight is 338 g/mol. The van der Waals surface area contributed by atoms with Gasteiger partial charge in [-0.2, -0.15) is 26.3 Å². The van der Waals surface area contributed by atoms with E-state index in [2.05, 4.69) is 0 Å². The zero-order valence-electron chi connectivity index (χ0n) is 12.1. The largest absolute Gasteiger partial charge is 0.443 e. The molecule has 0 rings (SSSR count). The maximum atomic E-state index is 12.2. The molecular weight excluding hydrogens is 322 g/mol. The van der Waals surface area contributed by atoms with E-state index in [0.717, 1.165) is 0 Å². The van der Waals surface area contributed by atoms with Crippen molar-refractivity contribution in [3.05, 3.63) is 0 Å². The lowest BCUT2D eigenvalue weighted by molar-refractivity contribution is -0.136. The summed E-state index contributed by atoms with van der Waals surface area (Å²) in [7, 11) is 0. The molecule has 0 atom stereocenters. The fourth-order valence-corrected chi connectivity index (χ4v) is 1.10. The van der Waals surface area contributed by atoms with Crippen molar-refractivity contribution in [3.63, 3.8) is 0 Å². The highest BCUT2D eigenvalue weighted by Crippen LogP contribution is 2.21. The summed E-state index contributed by atoms with van der Waals surface area (Å²) in [6.45, 7) is 1.24. The number of hydrogen-bond donors (Lipinski definition) is 1. The van der Waals surface area contributed by atoms with Gasteiger partial charge in [0.1, 0.15) is 12.1 Å².